The highest BCUT2D eigenvalue weighted by Crippen LogP contribution is 2.64. The molecule has 10 heteroatoms. The number of benzene rings is 2. The zero-order valence-corrected chi connectivity index (χ0v) is 23.3. The highest BCUT2D eigenvalue weighted by molar-refractivity contribution is 5.94. The number of phenolic OH excluding ortho intramolecular Hbond substituents is 1. The molecular weight excluding hydrogens is 549 g/mol. The lowest BCUT2D eigenvalue weighted by atomic mass is 9.51. The minimum absolute atomic E-state index is 0.0789. The van der Waals surface area contributed by atoms with Crippen LogP contribution in [-0.4, -0.2) is 65.1 Å². The van der Waals surface area contributed by atoms with Crippen LogP contribution in [0.15, 0.2) is 48.7 Å². The van der Waals surface area contributed by atoms with Crippen molar-refractivity contribution >= 4 is 11.9 Å². The number of aromatic hydroxyl groups is 1. The van der Waals surface area contributed by atoms with Crippen molar-refractivity contribution in [3.05, 3.63) is 71.0 Å². The maximum Gasteiger partial charge on any atom is 0.416 e. The van der Waals surface area contributed by atoms with Crippen LogP contribution in [0.4, 0.5) is 13.2 Å². The normalized spacial score (nSPS) is 27.2. The molecule has 2 aliphatic carbocycles. The first-order chi connectivity index (χ1) is 19.9. The number of hydrogen-bond acceptors (Lipinski definition) is 6. The molecule has 1 N–H and O–H groups in total. The Morgan fingerprint density at radius 3 is 2.64 bits per heavy atom. The lowest BCUT2D eigenvalue weighted by Crippen LogP contribution is -2.69. The first-order valence-electron chi connectivity index (χ1n) is 14.0. The van der Waals surface area contributed by atoms with Crippen molar-refractivity contribution in [3.63, 3.8) is 0 Å². The smallest absolute Gasteiger partial charge is 0.416 e. The summed E-state index contributed by atoms with van der Waals surface area (Å²) >= 11 is 0. The Bertz CT molecular complexity index is 1530. The van der Waals surface area contributed by atoms with Crippen molar-refractivity contribution in [2.75, 3.05) is 20.1 Å². The number of nitrogens with zero attached hydrogens (tertiary/aromatic N) is 2. The molecule has 1 amide bonds. The Kier molecular flexibility index (Phi) is 6.76. The van der Waals surface area contributed by atoms with Gasteiger partial charge >= 0.3 is 12.1 Å². The first kappa shape index (κ1) is 28.2. The SMILES string of the molecule is C=C(CN1CC[C@]23c4c5ccc(O)c4O[C@H]2[C@@H](N(C)C(=O)C#Cc2ccc(C(F)(F)F)cc2)CC[C@H]3[C@H]1C5)OC(C)=O. The number of piperidine rings is 1. The van der Waals surface area contributed by atoms with Gasteiger partial charge in [-0.3, -0.25) is 14.5 Å². The number of halogens is 3. The van der Waals surface area contributed by atoms with Crippen molar-refractivity contribution in [2.45, 2.75) is 62.4 Å². The van der Waals surface area contributed by atoms with E-state index < -0.39 is 35.1 Å². The molecule has 1 spiro atoms. The molecule has 220 valence electrons. The average molecular weight is 581 g/mol. The van der Waals surface area contributed by atoms with Gasteiger partial charge in [-0.15, -0.1) is 0 Å². The van der Waals surface area contributed by atoms with Crippen LogP contribution in [0.25, 0.3) is 0 Å². The Hall–Kier alpha value is -3.97. The number of carbonyl (C=O) groups is 2. The zero-order chi connectivity index (χ0) is 30.0. The number of phenols is 1. The Morgan fingerprint density at radius 1 is 1.21 bits per heavy atom. The maximum absolute atomic E-state index is 13.3. The molecule has 42 heavy (non-hydrogen) atoms. The summed E-state index contributed by atoms with van der Waals surface area (Å²) in [6, 6.07) is 7.81. The maximum atomic E-state index is 13.3. The molecular formula is C32H31F3N2O5. The molecule has 2 aromatic rings. The quantitative estimate of drug-likeness (QED) is 0.328. The summed E-state index contributed by atoms with van der Waals surface area (Å²) in [4.78, 5) is 28.7. The molecule has 0 unspecified atom stereocenters. The number of alkyl halides is 3. The van der Waals surface area contributed by atoms with Crippen LogP contribution in [0.1, 0.15) is 48.4 Å². The van der Waals surface area contributed by atoms with Gasteiger partial charge in [-0.1, -0.05) is 18.6 Å². The van der Waals surface area contributed by atoms with E-state index in [0.717, 1.165) is 42.5 Å². The van der Waals surface area contributed by atoms with Gasteiger partial charge in [-0.25, -0.2) is 0 Å². The molecule has 2 heterocycles. The summed E-state index contributed by atoms with van der Waals surface area (Å²) in [7, 11) is 1.68. The van der Waals surface area contributed by atoms with E-state index in [0.29, 0.717) is 36.6 Å². The fourth-order valence-corrected chi connectivity index (χ4v) is 7.76. The van der Waals surface area contributed by atoms with E-state index in [1.54, 1.807) is 18.0 Å². The van der Waals surface area contributed by atoms with E-state index in [-0.39, 0.29) is 23.8 Å². The van der Waals surface area contributed by atoms with Gasteiger partial charge in [0.15, 0.2) is 11.5 Å². The van der Waals surface area contributed by atoms with Gasteiger partial charge in [0.25, 0.3) is 5.91 Å². The number of rotatable bonds is 4. The van der Waals surface area contributed by atoms with Crippen LogP contribution in [0.2, 0.25) is 0 Å². The predicted molar refractivity (Wildman–Crippen MR) is 146 cm³/mol. The van der Waals surface area contributed by atoms with Gasteiger partial charge in [-0.05, 0) is 74.0 Å². The number of carbonyl (C=O) groups excluding carboxylic acids is 2. The van der Waals surface area contributed by atoms with E-state index in [1.807, 2.05) is 6.07 Å². The first-order valence-corrected chi connectivity index (χ1v) is 14.0. The van der Waals surface area contributed by atoms with Gasteiger partial charge in [-0.2, -0.15) is 13.2 Å². The number of amides is 1. The van der Waals surface area contributed by atoms with Crippen molar-refractivity contribution in [1.82, 2.24) is 9.80 Å². The second kappa shape index (κ2) is 10.1. The molecule has 0 aromatic heterocycles. The van der Waals surface area contributed by atoms with E-state index >= 15 is 0 Å². The molecule has 6 rings (SSSR count). The number of ether oxygens (including phenoxy) is 2. The highest BCUT2D eigenvalue weighted by atomic mass is 19.4. The fraction of sp³-hybridized carbons (Fsp3) is 0.438. The van der Waals surface area contributed by atoms with Crippen LogP contribution in [0, 0.1) is 17.8 Å². The third kappa shape index (κ3) is 4.51. The molecule has 7 nitrogen and oxygen atoms in total. The third-order valence-corrected chi connectivity index (χ3v) is 9.41. The number of likely N-dealkylation sites (tertiary alicyclic amines) is 1. The van der Waals surface area contributed by atoms with E-state index in [4.69, 9.17) is 9.47 Å². The lowest BCUT2D eigenvalue weighted by Gasteiger charge is -2.60. The number of likely N-dealkylation sites (N-methyl/N-ethyl adjacent to an activating group) is 1. The molecule has 2 aromatic carbocycles. The van der Waals surface area contributed by atoms with Crippen molar-refractivity contribution in [3.8, 4) is 23.3 Å². The van der Waals surface area contributed by atoms with Crippen LogP contribution in [0.5, 0.6) is 11.5 Å². The highest BCUT2D eigenvalue weighted by Gasteiger charge is 2.66. The van der Waals surface area contributed by atoms with Crippen molar-refractivity contribution < 1.29 is 37.3 Å². The van der Waals surface area contributed by atoms with Gasteiger partial charge in [0.1, 0.15) is 11.9 Å². The molecule has 2 aliphatic heterocycles. The Morgan fingerprint density at radius 2 is 1.95 bits per heavy atom. The van der Waals surface area contributed by atoms with Gasteiger partial charge in [0, 0.05) is 42.5 Å². The summed E-state index contributed by atoms with van der Waals surface area (Å²) in [5.41, 5.74) is 1.26. The van der Waals surface area contributed by atoms with Crippen LogP contribution in [0.3, 0.4) is 0 Å². The third-order valence-electron chi connectivity index (χ3n) is 9.41. The van der Waals surface area contributed by atoms with E-state index in [9.17, 15) is 27.9 Å². The van der Waals surface area contributed by atoms with E-state index in [1.165, 1.54) is 19.1 Å². The van der Waals surface area contributed by atoms with Crippen LogP contribution >= 0.6 is 0 Å². The lowest BCUT2D eigenvalue weighted by molar-refractivity contribution is -0.139. The second-order valence-electron chi connectivity index (χ2n) is 11.6. The van der Waals surface area contributed by atoms with Gasteiger partial charge in [0.2, 0.25) is 0 Å². The zero-order valence-electron chi connectivity index (χ0n) is 23.3. The minimum atomic E-state index is -4.45. The summed E-state index contributed by atoms with van der Waals surface area (Å²) in [6.07, 6.45) is -1.90. The summed E-state index contributed by atoms with van der Waals surface area (Å²) < 4.78 is 50.5. The van der Waals surface area contributed by atoms with Gasteiger partial charge in [0.05, 0.1) is 18.2 Å². The van der Waals surface area contributed by atoms with Crippen molar-refractivity contribution in [2.24, 2.45) is 5.92 Å². The standard InChI is InChI=1S/C32H31F3N2O5/c1-18(41-19(2)38)17-37-15-14-31-23-10-11-24(30(31)42-29-26(39)12-7-21(28(29)31)16-25(23)37)36(3)27(40)13-6-20-4-8-22(9-5-20)32(33,34)35/h4-5,7-9,12,23-25,30,39H,1,10-11,14-17H2,2-3H3/t23-,24-,25+,30-,31-/m0/s1. The minimum Gasteiger partial charge on any atom is -0.504 e. The van der Waals surface area contributed by atoms with Crippen LogP contribution < -0.4 is 4.74 Å². The van der Waals surface area contributed by atoms with E-state index in [2.05, 4.69) is 23.3 Å². The Labute approximate surface area is 241 Å². The monoisotopic (exact) mass is 580 g/mol. The molecule has 2 bridgehead atoms. The summed E-state index contributed by atoms with van der Waals surface area (Å²) in [5.74, 6) is 5.59. The molecule has 1 saturated heterocycles. The van der Waals surface area contributed by atoms with Gasteiger partial charge < -0.3 is 19.5 Å². The number of hydrogen-bond donors (Lipinski definition) is 1. The molecule has 4 aliphatic rings. The van der Waals surface area contributed by atoms with Crippen LogP contribution in [-0.2, 0) is 32.3 Å². The molecule has 1 saturated carbocycles. The fourth-order valence-electron chi connectivity index (χ4n) is 7.76. The second-order valence-corrected chi connectivity index (χ2v) is 11.6. The predicted octanol–water partition coefficient (Wildman–Crippen LogP) is 4.41. The molecule has 0 radical (unpaired) electrons. The van der Waals surface area contributed by atoms with Crippen molar-refractivity contribution in [1.29, 1.82) is 0 Å². The molecule has 2 fully saturated rings. The topological polar surface area (TPSA) is 79.3 Å². The molecule has 5 atom stereocenters. The summed E-state index contributed by atoms with van der Waals surface area (Å²) in [6.45, 7) is 6.43. The average Bonchev–Trinajstić information content (AvgIpc) is 3.28. The Balaban J connectivity index is 1.28. The summed E-state index contributed by atoms with van der Waals surface area (Å²) in [5, 5.41) is 10.8. The number of esters is 1. The largest absolute Gasteiger partial charge is 0.504 e.